The highest BCUT2D eigenvalue weighted by molar-refractivity contribution is 6.32. The Morgan fingerprint density at radius 2 is 2.25 bits per heavy atom. The summed E-state index contributed by atoms with van der Waals surface area (Å²) in [5, 5.41) is 13.8. The molecule has 1 N–H and O–H groups in total. The summed E-state index contributed by atoms with van der Waals surface area (Å²) in [7, 11) is 1.77. The van der Waals surface area contributed by atoms with Crippen molar-refractivity contribution in [1.29, 1.82) is 0 Å². The molecule has 7 heteroatoms. The molecule has 1 aromatic carbocycles. The van der Waals surface area contributed by atoms with Gasteiger partial charge in [0.05, 0.1) is 9.95 Å². The second-order valence-corrected chi connectivity index (χ2v) is 4.33. The van der Waals surface area contributed by atoms with E-state index in [0.29, 0.717) is 11.6 Å². The van der Waals surface area contributed by atoms with Gasteiger partial charge in [-0.3, -0.25) is 10.1 Å². The normalized spacial score (nSPS) is 10.1. The van der Waals surface area contributed by atoms with E-state index in [1.165, 1.54) is 18.2 Å². The van der Waals surface area contributed by atoms with Crippen LogP contribution in [0.15, 0.2) is 36.5 Å². The molecular formula is C13H12ClN3O3. The number of ether oxygens (including phenoxy) is 1. The minimum absolute atomic E-state index is 0.0698. The summed E-state index contributed by atoms with van der Waals surface area (Å²) in [5.41, 5.74) is 0.795. The van der Waals surface area contributed by atoms with Crippen molar-refractivity contribution in [3.8, 4) is 5.75 Å². The second-order valence-electron chi connectivity index (χ2n) is 3.92. The molecule has 1 aromatic heterocycles. The van der Waals surface area contributed by atoms with E-state index in [4.69, 9.17) is 16.3 Å². The lowest BCUT2D eigenvalue weighted by Crippen LogP contribution is -2.02. The quantitative estimate of drug-likeness (QED) is 0.676. The topological polar surface area (TPSA) is 77.3 Å². The van der Waals surface area contributed by atoms with Gasteiger partial charge in [-0.2, -0.15) is 0 Å². The summed E-state index contributed by atoms with van der Waals surface area (Å²) in [6, 6.07) is 7.77. The monoisotopic (exact) mass is 293 g/mol. The van der Waals surface area contributed by atoms with Crippen molar-refractivity contribution < 1.29 is 9.66 Å². The van der Waals surface area contributed by atoms with Crippen LogP contribution in [0.1, 0.15) is 5.56 Å². The van der Waals surface area contributed by atoms with Crippen LogP contribution in [0, 0.1) is 10.1 Å². The highest BCUT2D eigenvalue weighted by Gasteiger charge is 2.11. The van der Waals surface area contributed by atoms with E-state index in [1.54, 1.807) is 19.3 Å². The zero-order valence-corrected chi connectivity index (χ0v) is 11.4. The third-order valence-electron chi connectivity index (χ3n) is 2.64. The number of nitrogens with zero attached hydrogens (tertiary/aromatic N) is 2. The SMILES string of the molecule is CNc1ncccc1COc1ccc([N+](=O)[O-])cc1Cl. The molecule has 0 aliphatic rings. The van der Waals surface area contributed by atoms with Gasteiger partial charge in [0.1, 0.15) is 18.2 Å². The number of non-ortho nitro benzene ring substituents is 1. The van der Waals surface area contributed by atoms with E-state index in [1.807, 2.05) is 6.07 Å². The number of halogens is 1. The molecule has 0 unspecified atom stereocenters. The van der Waals surface area contributed by atoms with Crippen LogP contribution in [0.5, 0.6) is 5.75 Å². The highest BCUT2D eigenvalue weighted by Crippen LogP contribution is 2.29. The molecule has 2 rings (SSSR count). The van der Waals surface area contributed by atoms with Crippen molar-refractivity contribution in [2.45, 2.75) is 6.61 Å². The van der Waals surface area contributed by atoms with Crippen LogP contribution in [0.4, 0.5) is 11.5 Å². The summed E-state index contributed by atoms with van der Waals surface area (Å²) in [5.74, 6) is 1.11. The first-order chi connectivity index (χ1) is 9.61. The highest BCUT2D eigenvalue weighted by atomic mass is 35.5. The summed E-state index contributed by atoms with van der Waals surface area (Å²) in [4.78, 5) is 14.3. The van der Waals surface area contributed by atoms with Crippen LogP contribution in [0.3, 0.4) is 0 Å². The summed E-state index contributed by atoms with van der Waals surface area (Å²) < 4.78 is 5.57. The minimum atomic E-state index is -0.504. The predicted octanol–water partition coefficient (Wildman–Crippen LogP) is 3.26. The largest absolute Gasteiger partial charge is 0.487 e. The minimum Gasteiger partial charge on any atom is -0.487 e. The van der Waals surface area contributed by atoms with Gasteiger partial charge >= 0.3 is 0 Å². The molecule has 0 saturated carbocycles. The Morgan fingerprint density at radius 3 is 2.90 bits per heavy atom. The average Bonchev–Trinajstić information content (AvgIpc) is 2.46. The Labute approximate surface area is 120 Å². The van der Waals surface area contributed by atoms with Crippen LogP contribution < -0.4 is 10.1 Å². The average molecular weight is 294 g/mol. The summed E-state index contributed by atoms with van der Waals surface area (Å²) in [6.45, 7) is 0.265. The van der Waals surface area contributed by atoms with Gasteiger partial charge in [-0.15, -0.1) is 0 Å². The van der Waals surface area contributed by atoms with Gasteiger partial charge in [0.2, 0.25) is 0 Å². The van der Waals surface area contributed by atoms with Crippen molar-refractivity contribution in [1.82, 2.24) is 4.98 Å². The molecule has 2 aromatic rings. The number of nitrogens with one attached hydrogen (secondary N) is 1. The molecule has 0 spiro atoms. The van der Waals surface area contributed by atoms with E-state index in [2.05, 4.69) is 10.3 Å². The zero-order chi connectivity index (χ0) is 14.5. The molecule has 0 radical (unpaired) electrons. The Kier molecular flexibility index (Phi) is 4.37. The predicted molar refractivity (Wildman–Crippen MR) is 76.2 cm³/mol. The number of hydrogen-bond acceptors (Lipinski definition) is 5. The first-order valence-corrected chi connectivity index (χ1v) is 6.18. The Bertz CT molecular complexity index is 634. The Hall–Kier alpha value is -2.34. The number of benzene rings is 1. The maximum atomic E-state index is 10.6. The van der Waals surface area contributed by atoms with E-state index in [9.17, 15) is 10.1 Å². The Morgan fingerprint density at radius 1 is 1.45 bits per heavy atom. The lowest BCUT2D eigenvalue weighted by atomic mass is 10.2. The molecule has 0 aliphatic heterocycles. The van der Waals surface area contributed by atoms with Crippen molar-refractivity contribution in [2.75, 3.05) is 12.4 Å². The molecule has 20 heavy (non-hydrogen) atoms. The molecule has 0 bridgehead atoms. The van der Waals surface area contributed by atoms with Gasteiger partial charge in [-0.05, 0) is 12.1 Å². The van der Waals surface area contributed by atoms with Gasteiger partial charge in [0.15, 0.2) is 0 Å². The van der Waals surface area contributed by atoms with Crippen molar-refractivity contribution in [3.63, 3.8) is 0 Å². The third-order valence-corrected chi connectivity index (χ3v) is 2.93. The maximum absolute atomic E-state index is 10.6. The van der Waals surface area contributed by atoms with Gasteiger partial charge in [-0.25, -0.2) is 4.98 Å². The number of pyridine rings is 1. The number of nitro benzene ring substituents is 1. The molecule has 0 amide bonds. The lowest BCUT2D eigenvalue weighted by Gasteiger charge is -2.10. The number of hydrogen-bond donors (Lipinski definition) is 1. The van der Waals surface area contributed by atoms with E-state index in [0.717, 1.165) is 5.56 Å². The molecule has 1 heterocycles. The van der Waals surface area contributed by atoms with Gasteiger partial charge < -0.3 is 10.1 Å². The van der Waals surface area contributed by atoms with Gasteiger partial charge in [-0.1, -0.05) is 17.7 Å². The fourth-order valence-electron chi connectivity index (χ4n) is 1.66. The molecule has 0 atom stereocenters. The number of anilines is 1. The van der Waals surface area contributed by atoms with Crippen LogP contribution in [-0.2, 0) is 6.61 Å². The molecule has 6 nitrogen and oxygen atoms in total. The van der Waals surface area contributed by atoms with Crippen molar-refractivity contribution in [2.24, 2.45) is 0 Å². The second kappa shape index (κ2) is 6.21. The number of rotatable bonds is 5. The van der Waals surface area contributed by atoms with Gasteiger partial charge in [0.25, 0.3) is 5.69 Å². The van der Waals surface area contributed by atoms with Gasteiger partial charge in [0, 0.05) is 30.9 Å². The van der Waals surface area contributed by atoms with Crippen LogP contribution in [-0.4, -0.2) is 17.0 Å². The van der Waals surface area contributed by atoms with E-state index < -0.39 is 4.92 Å². The summed E-state index contributed by atoms with van der Waals surface area (Å²) >= 11 is 5.95. The zero-order valence-electron chi connectivity index (χ0n) is 10.7. The smallest absolute Gasteiger partial charge is 0.271 e. The standard InChI is InChI=1S/C13H12ClN3O3/c1-15-13-9(3-2-6-16-13)8-20-12-5-4-10(17(18)19)7-11(12)14/h2-7H,8H2,1H3,(H,15,16). The molecule has 0 fully saturated rings. The molecule has 0 aliphatic carbocycles. The Balaban J connectivity index is 2.13. The number of nitro groups is 1. The van der Waals surface area contributed by atoms with E-state index in [-0.39, 0.29) is 17.3 Å². The van der Waals surface area contributed by atoms with E-state index >= 15 is 0 Å². The fourth-order valence-corrected chi connectivity index (χ4v) is 1.89. The molecule has 0 saturated heterocycles. The van der Waals surface area contributed by atoms with Crippen molar-refractivity contribution >= 4 is 23.1 Å². The molecule has 104 valence electrons. The first kappa shape index (κ1) is 14.1. The van der Waals surface area contributed by atoms with Crippen LogP contribution >= 0.6 is 11.6 Å². The fraction of sp³-hybridized carbons (Fsp3) is 0.154. The first-order valence-electron chi connectivity index (χ1n) is 5.80. The third kappa shape index (κ3) is 3.16. The van der Waals surface area contributed by atoms with Crippen LogP contribution in [0.25, 0.3) is 0 Å². The molecular weight excluding hydrogens is 282 g/mol. The maximum Gasteiger partial charge on any atom is 0.271 e. The lowest BCUT2D eigenvalue weighted by molar-refractivity contribution is -0.384. The van der Waals surface area contributed by atoms with Crippen LogP contribution in [0.2, 0.25) is 5.02 Å². The number of aromatic nitrogens is 1. The van der Waals surface area contributed by atoms with Crippen molar-refractivity contribution in [3.05, 3.63) is 57.2 Å². The summed E-state index contributed by atoms with van der Waals surface area (Å²) in [6.07, 6.45) is 1.67.